The van der Waals surface area contributed by atoms with Crippen LogP contribution in [0.2, 0.25) is 0 Å². The van der Waals surface area contributed by atoms with E-state index in [4.69, 9.17) is 0 Å². The van der Waals surface area contributed by atoms with Gasteiger partial charge in [0.25, 0.3) is 0 Å². The first-order valence-corrected chi connectivity index (χ1v) is 8.79. The van der Waals surface area contributed by atoms with Crippen molar-refractivity contribution in [2.75, 3.05) is 22.6 Å². The van der Waals surface area contributed by atoms with Crippen molar-refractivity contribution >= 4 is 51.8 Å². The second-order valence-corrected chi connectivity index (χ2v) is 7.38. The van der Waals surface area contributed by atoms with Crippen LogP contribution in [-0.4, -0.2) is 45.3 Å². The molecule has 2 rings (SSSR count). The highest BCUT2D eigenvalue weighted by Gasteiger charge is 2.24. The summed E-state index contributed by atoms with van der Waals surface area (Å²) < 4.78 is 0.831. The highest BCUT2D eigenvalue weighted by atomic mass is 32.2. The highest BCUT2D eigenvalue weighted by Crippen LogP contribution is 2.25. The van der Waals surface area contributed by atoms with Gasteiger partial charge in [0.1, 0.15) is 6.04 Å². The standard InChI is InChI=1S/C10H14N4O2S3/c1-2-18-10-14-13-9(19-10)12-8(16)6-5-17-4-3-7(15)11-6/h6H,2-5H2,1H3,(H,11,15)(H,12,13,16)/t6-/m1/s1. The average Bonchev–Trinajstić information content (AvgIpc) is 2.69. The Kier molecular flexibility index (Phi) is 5.46. The number of carbonyl (C=O) groups is 2. The molecule has 6 nitrogen and oxygen atoms in total. The van der Waals surface area contributed by atoms with Gasteiger partial charge in [-0.15, -0.1) is 10.2 Å². The van der Waals surface area contributed by atoms with Gasteiger partial charge in [-0.1, -0.05) is 30.0 Å². The third-order valence-electron chi connectivity index (χ3n) is 2.31. The fraction of sp³-hybridized carbons (Fsp3) is 0.600. The average molecular weight is 318 g/mol. The van der Waals surface area contributed by atoms with Gasteiger partial charge < -0.3 is 5.32 Å². The summed E-state index contributed by atoms with van der Waals surface area (Å²) in [5, 5.41) is 13.8. The molecule has 0 radical (unpaired) electrons. The molecular weight excluding hydrogens is 304 g/mol. The van der Waals surface area contributed by atoms with Crippen LogP contribution in [-0.2, 0) is 9.59 Å². The molecule has 2 amide bonds. The summed E-state index contributed by atoms with van der Waals surface area (Å²) in [6, 6.07) is -0.494. The van der Waals surface area contributed by atoms with Gasteiger partial charge in [-0.25, -0.2) is 0 Å². The summed E-state index contributed by atoms with van der Waals surface area (Å²) in [5.74, 6) is 1.95. The molecule has 1 aromatic heterocycles. The number of amides is 2. The van der Waals surface area contributed by atoms with Crippen LogP contribution in [0.1, 0.15) is 13.3 Å². The smallest absolute Gasteiger partial charge is 0.249 e. The molecule has 1 aliphatic rings. The molecule has 1 aromatic rings. The third-order valence-corrected chi connectivity index (χ3v) is 5.23. The number of hydrogen-bond donors (Lipinski definition) is 2. The number of aromatic nitrogens is 2. The first-order chi connectivity index (χ1) is 9.19. The largest absolute Gasteiger partial charge is 0.343 e. The van der Waals surface area contributed by atoms with E-state index in [1.54, 1.807) is 23.5 Å². The molecule has 0 spiro atoms. The van der Waals surface area contributed by atoms with Crippen molar-refractivity contribution < 1.29 is 9.59 Å². The Labute approximate surface area is 123 Å². The number of nitrogens with zero attached hydrogens (tertiary/aromatic N) is 2. The van der Waals surface area contributed by atoms with Gasteiger partial charge in [0, 0.05) is 17.9 Å². The molecule has 0 bridgehead atoms. The molecule has 0 aliphatic carbocycles. The zero-order chi connectivity index (χ0) is 13.7. The summed E-state index contributed by atoms with van der Waals surface area (Å²) in [6.45, 7) is 2.03. The van der Waals surface area contributed by atoms with E-state index < -0.39 is 6.04 Å². The molecule has 2 heterocycles. The Morgan fingerprint density at radius 2 is 2.42 bits per heavy atom. The minimum Gasteiger partial charge on any atom is -0.343 e. The second kappa shape index (κ2) is 7.11. The lowest BCUT2D eigenvalue weighted by atomic mass is 10.3. The minimum atomic E-state index is -0.494. The predicted octanol–water partition coefficient (Wildman–Crippen LogP) is 1.21. The Balaban J connectivity index is 1.93. The van der Waals surface area contributed by atoms with Crippen molar-refractivity contribution in [3.63, 3.8) is 0 Å². The summed E-state index contributed by atoms with van der Waals surface area (Å²) in [7, 11) is 0. The number of nitrogens with one attached hydrogen (secondary N) is 2. The van der Waals surface area contributed by atoms with Crippen LogP contribution in [0.25, 0.3) is 0 Å². The molecular formula is C10H14N4O2S3. The fourth-order valence-corrected chi connectivity index (χ4v) is 4.07. The van der Waals surface area contributed by atoms with E-state index >= 15 is 0 Å². The SMILES string of the molecule is CCSc1nnc(NC(=O)[C@H]2CSCCC(=O)N2)s1. The van der Waals surface area contributed by atoms with E-state index in [0.29, 0.717) is 17.3 Å². The van der Waals surface area contributed by atoms with Crippen LogP contribution in [0.5, 0.6) is 0 Å². The lowest BCUT2D eigenvalue weighted by Crippen LogP contribution is -2.44. The summed E-state index contributed by atoms with van der Waals surface area (Å²) in [4.78, 5) is 23.4. The van der Waals surface area contributed by atoms with E-state index in [1.807, 2.05) is 6.92 Å². The van der Waals surface area contributed by atoms with Gasteiger partial charge in [-0.2, -0.15) is 11.8 Å². The Morgan fingerprint density at radius 3 is 3.21 bits per heavy atom. The second-order valence-electron chi connectivity index (χ2n) is 3.74. The van der Waals surface area contributed by atoms with E-state index in [0.717, 1.165) is 15.8 Å². The van der Waals surface area contributed by atoms with Gasteiger partial charge >= 0.3 is 0 Å². The van der Waals surface area contributed by atoms with Crippen LogP contribution in [0.3, 0.4) is 0 Å². The summed E-state index contributed by atoms with van der Waals surface area (Å²) >= 11 is 4.53. The normalized spacial score (nSPS) is 19.6. The van der Waals surface area contributed by atoms with Gasteiger partial charge in [0.15, 0.2) is 4.34 Å². The Hall–Kier alpha value is -0.800. The molecule has 1 saturated heterocycles. The molecule has 2 N–H and O–H groups in total. The van der Waals surface area contributed by atoms with Crippen LogP contribution < -0.4 is 10.6 Å². The van der Waals surface area contributed by atoms with Crippen LogP contribution in [0, 0.1) is 0 Å². The molecule has 0 saturated carbocycles. The molecule has 19 heavy (non-hydrogen) atoms. The number of thioether (sulfide) groups is 2. The Bertz CT molecular complexity index is 465. The quantitative estimate of drug-likeness (QED) is 0.641. The monoisotopic (exact) mass is 318 g/mol. The van der Waals surface area contributed by atoms with Crippen LogP contribution in [0.4, 0.5) is 5.13 Å². The third kappa shape index (κ3) is 4.36. The van der Waals surface area contributed by atoms with E-state index in [-0.39, 0.29) is 11.8 Å². The van der Waals surface area contributed by atoms with Crippen LogP contribution >= 0.6 is 34.9 Å². The van der Waals surface area contributed by atoms with Crippen molar-refractivity contribution in [3.8, 4) is 0 Å². The summed E-state index contributed by atoms with van der Waals surface area (Å²) in [6.07, 6.45) is 0.463. The molecule has 1 atom stereocenters. The van der Waals surface area contributed by atoms with Crippen molar-refractivity contribution in [2.24, 2.45) is 0 Å². The van der Waals surface area contributed by atoms with Gasteiger partial charge in [0.05, 0.1) is 0 Å². The Morgan fingerprint density at radius 1 is 1.58 bits per heavy atom. The lowest BCUT2D eigenvalue weighted by Gasteiger charge is -2.13. The zero-order valence-corrected chi connectivity index (χ0v) is 12.8. The maximum absolute atomic E-state index is 12.0. The zero-order valence-electron chi connectivity index (χ0n) is 10.3. The molecule has 0 unspecified atom stereocenters. The summed E-state index contributed by atoms with van der Waals surface area (Å²) in [5.41, 5.74) is 0. The highest BCUT2D eigenvalue weighted by molar-refractivity contribution is 8.01. The maximum Gasteiger partial charge on any atom is 0.249 e. The van der Waals surface area contributed by atoms with Crippen molar-refractivity contribution in [1.82, 2.24) is 15.5 Å². The lowest BCUT2D eigenvalue weighted by molar-refractivity contribution is -0.125. The number of hydrogen-bond acceptors (Lipinski definition) is 7. The topological polar surface area (TPSA) is 84.0 Å². The maximum atomic E-state index is 12.0. The fourth-order valence-electron chi connectivity index (χ4n) is 1.45. The van der Waals surface area contributed by atoms with Gasteiger partial charge in [-0.3, -0.25) is 14.9 Å². The molecule has 0 aromatic carbocycles. The van der Waals surface area contributed by atoms with E-state index in [2.05, 4.69) is 20.8 Å². The van der Waals surface area contributed by atoms with E-state index in [9.17, 15) is 9.59 Å². The molecule has 104 valence electrons. The van der Waals surface area contributed by atoms with Gasteiger partial charge in [0.2, 0.25) is 16.9 Å². The first kappa shape index (κ1) is 14.6. The van der Waals surface area contributed by atoms with Crippen LogP contribution in [0.15, 0.2) is 4.34 Å². The molecule has 1 aliphatic heterocycles. The van der Waals surface area contributed by atoms with Crippen molar-refractivity contribution in [1.29, 1.82) is 0 Å². The number of anilines is 1. The minimum absolute atomic E-state index is 0.0790. The van der Waals surface area contributed by atoms with Gasteiger partial charge in [-0.05, 0) is 5.75 Å². The first-order valence-electron chi connectivity index (χ1n) is 5.83. The number of rotatable bonds is 4. The van der Waals surface area contributed by atoms with E-state index in [1.165, 1.54) is 11.3 Å². The number of carbonyl (C=O) groups excluding carboxylic acids is 2. The van der Waals surface area contributed by atoms with Crippen molar-refractivity contribution in [2.45, 2.75) is 23.7 Å². The molecule has 9 heteroatoms. The predicted molar refractivity (Wildman–Crippen MR) is 78.8 cm³/mol. The molecule has 1 fully saturated rings. The van der Waals surface area contributed by atoms with Crippen molar-refractivity contribution in [3.05, 3.63) is 0 Å².